The molecule has 5 heteroatoms. The molecule has 3 aromatic rings. The quantitative estimate of drug-likeness (QED) is 0.769. The molecule has 2 heterocycles. The summed E-state index contributed by atoms with van der Waals surface area (Å²) in [4.78, 5) is 20.5. The number of carbonyl (C=O) groups is 1. The number of methoxy groups -OCH3 is 1. The first-order valence-corrected chi connectivity index (χ1v) is 8.58. The maximum atomic E-state index is 11.5. The number of nitrogens with one attached hydrogen (secondary N) is 1. The number of amides is 1. The zero-order valence-corrected chi connectivity index (χ0v) is 14.5. The number of rotatable bonds is 5. The van der Waals surface area contributed by atoms with Gasteiger partial charge >= 0.3 is 0 Å². The lowest BCUT2D eigenvalue weighted by Crippen LogP contribution is -2.03. The van der Waals surface area contributed by atoms with Crippen LogP contribution in [0.15, 0.2) is 54.9 Å². The fraction of sp³-hybridized carbons (Fsp3) is 0.190. The highest BCUT2D eigenvalue weighted by atomic mass is 16.5. The van der Waals surface area contributed by atoms with Crippen LogP contribution in [0.2, 0.25) is 0 Å². The summed E-state index contributed by atoms with van der Waals surface area (Å²) >= 11 is 0. The summed E-state index contributed by atoms with van der Waals surface area (Å²) in [6.45, 7) is 0. The van der Waals surface area contributed by atoms with Crippen LogP contribution in [0.4, 0.5) is 5.69 Å². The third kappa shape index (κ3) is 3.42. The smallest absolute Gasteiger partial charge is 0.228 e. The van der Waals surface area contributed by atoms with Gasteiger partial charge in [-0.25, -0.2) is 9.97 Å². The van der Waals surface area contributed by atoms with Crippen molar-refractivity contribution in [1.29, 1.82) is 0 Å². The molecule has 1 amide bonds. The van der Waals surface area contributed by atoms with Gasteiger partial charge in [-0.3, -0.25) is 4.79 Å². The van der Waals surface area contributed by atoms with E-state index in [4.69, 9.17) is 4.74 Å². The fourth-order valence-electron chi connectivity index (χ4n) is 3.13. The van der Waals surface area contributed by atoms with Gasteiger partial charge in [-0.15, -0.1) is 0 Å². The number of hydrogen-bond acceptors (Lipinski definition) is 4. The average molecular weight is 345 g/mol. The van der Waals surface area contributed by atoms with E-state index in [9.17, 15) is 4.79 Å². The van der Waals surface area contributed by atoms with Crippen molar-refractivity contribution in [2.45, 2.75) is 19.3 Å². The Morgan fingerprint density at radius 3 is 2.69 bits per heavy atom. The molecular weight excluding hydrogens is 326 g/mol. The number of nitrogens with zero attached hydrogens (tertiary/aromatic N) is 2. The molecule has 4 rings (SSSR count). The van der Waals surface area contributed by atoms with Crippen molar-refractivity contribution in [3.05, 3.63) is 71.8 Å². The summed E-state index contributed by atoms with van der Waals surface area (Å²) < 4.78 is 5.25. The van der Waals surface area contributed by atoms with E-state index in [1.54, 1.807) is 7.11 Å². The lowest BCUT2D eigenvalue weighted by molar-refractivity contribution is -0.115. The summed E-state index contributed by atoms with van der Waals surface area (Å²) in [5.74, 6) is 1.72. The van der Waals surface area contributed by atoms with Crippen molar-refractivity contribution in [3.8, 4) is 16.9 Å². The van der Waals surface area contributed by atoms with E-state index in [1.165, 1.54) is 5.56 Å². The molecule has 0 saturated heterocycles. The molecule has 0 radical (unpaired) electrons. The fourth-order valence-corrected chi connectivity index (χ4v) is 3.13. The maximum absolute atomic E-state index is 11.5. The van der Waals surface area contributed by atoms with Crippen molar-refractivity contribution < 1.29 is 9.53 Å². The molecule has 0 atom stereocenters. The molecule has 0 spiro atoms. The summed E-state index contributed by atoms with van der Waals surface area (Å²) in [7, 11) is 1.67. The topological polar surface area (TPSA) is 64.1 Å². The van der Waals surface area contributed by atoms with Crippen LogP contribution in [0, 0.1) is 0 Å². The first-order valence-electron chi connectivity index (χ1n) is 8.58. The van der Waals surface area contributed by atoms with E-state index in [0.29, 0.717) is 6.42 Å². The van der Waals surface area contributed by atoms with Crippen LogP contribution in [-0.4, -0.2) is 23.0 Å². The van der Waals surface area contributed by atoms with Gasteiger partial charge in [0.15, 0.2) is 0 Å². The molecule has 0 aliphatic carbocycles. The van der Waals surface area contributed by atoms with Gasteiger partial charge in [0, 0.05) is 30.1 Å². The molecular formula is C21H19N3O2. The SMILES string of the molecule is COc1cccc(CCc2ncc(-c3ccc4c(c3)CC(=O)N4)cn2)c1. The van der Waals surface area contributed by atoms with E-state index >= 15 is 0 Å². The molecule has 1 aliphatic heterocycles. The van der Waals surface area contributed by atoms with E-state index in [1.807, 2.05) is 48.8 Å². The second kappa shape index (κ2) is 6.96. The zero-order chi connectivity index (χ0) is 17.9. The Bertz CT molecular complexity index is 952. The van der Waals surface area contributed by atoms with Crippen molar-refractivity contribution in [2.24, 2.45) is 0 Å². The first kappa shape index (κ1) is 16.3. The second-order valence-corrected chi connectivity index (χ2v) is 6.34. The Labute approximate surface area is 152 Å². The number of hydrogen-bond donors (Lipinski definition) is 1. The van der Waals surface area contributed by atoms with Gasteiger partial charge in [0.1, 0.15) is 11.6 Å². The average Bonchev–Trinajstić information content (AvgIpc) is 3.06. The van der Waals surface area contributed by atoms with Crippen LogP contribution >= 0.6 is 0 Å². The molecule has 0 saturated carbocycles. The summed E-state index contributed by atoms with van der Waals surface area (Å²) in [6, 6.07) is 14.0. The Morgan fingerprint density at radius 1 is 1.04 bits per heavy atom. The van der Waals surface area contributed by atoms with E-state index in [-0.39, 0.29) is 5.91 Å². The second-order valence-electron chi connectivity index (χ2n) is 6.34. The Morgan fingerprint density at radius 2 is 1.88 bits per heavy atom. The van der Waals surface area contributed by atoms with E-state index in [2.05, 4.69) is 21.4 Å². The Hall–Kier alpha value is -3.21. The number of carbonyl (C=O) groups excluding carboxylic acids is 1. The van der Waals surface area contributed by atoms with Gasteiger partial charge in [-0.2, -0.15) is 0 Å². The minimum absolute atomic E-state index is 0.0429. The minimum Gasteiger partial charge on any atom is -0.497 e. The standard InChI is InChI=1S/C21H19N3O2/c1-26-18-4-2-3-14(9-18)5-8-20-22-12-17(13-23-20)15-6-7-19-16(10-15)11-21(25)24-19/h2-4,6-7,9-10,12-13H,5,8,11H2,1H3,(H,24,25). The minimum atomic E-state index is 0.0429. The van der Waals surface area contributed by atoms with Crippen molar-refractivity contribution in [1.82, 2.24) is 9.97 Å². The van der Waals surface area contributed by atoms with E-state index in [0.717, 1.165) is 46.8 Å². The van der Waals surface area contributed by atoms with Gasteiger partial charge in [-0.1, -0.05) is 18.2 Å². The highest BCUT2D eigenvalue weighted by Gasteiger charge is 2.17. The van der Waals surface area contributed by atoms with Crippen molar-refractivity contribution >= 4 is 11.6 Å². The summed E-state index contributed by atoms with van der Waals surface area (Å²) in [6.07, 6.45) is 5.77. The van der Waals surface area contributed by atoms with Crippen molar-refractivity contribution in [2.75, 3.05) is 12.4 Å². The molecule has 5 nitrogen and oxygen atoms in total. The zero-order valence-electron chi connectivity index (χ0n) is 14.5. The predicted molar refractivity (Wildman–Crippen MR) is 100 cm³/mol. The third-order valence-electron chi connectivity index (χ3n) is 4.54. The molecule has 0 bridgehead atoms. The van der Waals surface area contributed by atoms with Crippen molar-refractivity contribution in [3.63, 3.8) is 0 Å². The normalized spacial score (nSPS) is 12.6. The molecule has 2 aromatic carbocycles. The molecule has 130 valence electrons. The first-order chi connectivity index (χ1) is 12.7. The number of fused-ring (bicyclic) bond motifs is 1. The highest BCUT2D eigenvalue weighted by Crippen LogP contribution is 2.28. The lowest BCUT2D eigenvalue weighted by Gasteiger charge is -2.06. The molecule has 26 heavy (non-hydrogen) atoms. The maximum Gasteiger partial charge on any atom is 0.228 e. The Balaban J connectivity index is 1.45. The molecule has 0 unspecified atom stereocenters. The number of benzene rings is 2. The number of aryl methyl sites for hydroxylation is 2. The highest BCUT2D eigenvalue weighted by molar-refractivity contribution is 5.99. The molecule has 1 aliphatic rings. The molecule has 0 fully saturated rings. The van der Waals surface area contributed by atoms with Gasteiger partial charge in [0.25, 0.3) is 0 Å². The number of ether oxygens (including phenoxy) is 1. The van der Waals surface area contributed by atoms with Gasteiger partial charge in [0.05, 0.1) is 13.5 Å². The summed E-state index contributed by atoms with van der Waals surface area (Å²) in [5, 5.41) is 2.85. The van der Waals surface area contributed by atoms with Crippen LogP contribution < -0.4 is 10.1 Å². The van der Waals surface area contributed by atoms with Crippen LogP contribution in [0.3, 0.4) is 0 Å². The largest absolute Gasteiger partial charge is 0.497 e. The number of anilines is 1. The van der Waals surface area contributed by atoms with Gasteiger partial charge in [0.2, 0.25) is 5.91 Å². The lowest BCUT2D eigenvalue weighted by atomic mass is 10.0. The van der Waals surface area contributed by atoms with Crippen LogP contribution in [-0.2, 0) is 24.1 Å². The number of aromatic nitrogens is 2. The Kier molecular flexibility index (Phi) is 4.35. The molecule has 1 aromatic heterocycles. The van der Waals surface area contributed by atoms with Gasteiger partial charge in [-0.05, 0) is 47.4 Å². The van der Waals surface area contributed by atoms with Crippen LogP contribution in [0.25, 0.3) is 11.1 Å². The molecule has 1 N–H and O–H groups in total. The van der Waals surface area contributed by atoms with Crippen LogP contribution in [0.5, 0.6) is 5.75 Å². The predicted octanol–water partition coefficient (Wildman–Crippen LogP) is 3.43. The third-order valence-corrected chi connectivity index (χ3v) is 4.54. The van der Waals surface area contributed by atoms with Crippen LogP contribution in [0.1, 0.15) is 17.0 Å². The monoisotopic (exact) mass is 345 g/mol. The van der Waals surface area contributed by atoms with E-state index < -0.39 is 0 Å². The summed E-state index contributed by atoms with van der Waals surface area (Å²) in [5.41, 5.74) is 5.11. The van der Waals surface area contributed by atoms with Gasteiger partial charge < -0.3 is 10.1 Å².